The van der Waals surface area contributed by atoms with Crippen molar-refractivity contribution in [2.75, 3.05) is 0 Å². The Morgan fingerprint density at radius 2 is 2.07 bits per heavy atom. The second kappa shape index (κ2) is 2.95. The first-order valence-corrected chi connectivity index (χ1v) is 3.90. The van der Waals surface area contributed by atoms with E-state index in [1.807, 2.05) is 0 Å². The van der Waals surface area contributed by atoms with E-state index >= 15 is 0 Å². The van der Waals surface area contributed by atoms with Crippen molar-refractivity contribution in [1.29, 1.82) is 0 Å². The average molecular weight is 190 g/mol. The largest absolute Gasteiger partial charge is 0.507 e. The van der Waals surface area contributed by atoms with Crippen LogP contribution in [-0.2, 0) is 0 Å². The lowest BCUT2D eigenvalue weighted by Gasteiger charge is -1.99. The monoisotopic (exact) mass is 190 g/mol. The maximum atomic E-state index is 10.6. The SMILES string of the molecule is O=[N+]([O-])c1cncc2c(O)cccc12. The number of pyridine rings is 1. The molecule has 5 heteroatoms. The van der Waals surface area contributed by atoms with Crippen LogP contribution >= 0.6 is 0 Å². The van der Waals surface area contributed by atoms with Gasteiger partial charge in [0.25, 0.3) is 5.69 Å². The van der Waals surface area contributed by atoms with Crippen molar-refractivity contribution in [2.24, 2.45) is 0 Å². The van der Waals surface area contributed by atoms with E-state index in [0.717, 1.165) is 0 Å². The average Bonchev–Trinajstić information content (AvgIpc) is 2.17. The number of phenols is 1. The number of benzene rings is 1. The summed E-state index contributed by atoms with van der Waals surface area (Å²) in [4.78, 5) is 13.8. The van der Waals surface area contributed by atoms with Crippen LogP contribution in [0.15, 0.2) is 30.6 Å². The van der Waals surface area contributed by atoms with Gasteiger partial charge >= 0.3 is 0 Å². The Morgan fingerprint density at radius 3 is 2.79 bits per heavy atom. The van der Waals surface area contributed by atoms with Gasteiger partial charge in [-0.2, -0.15) is 0 Å². The molecule has 0 bridgehead atoms. The second-order valence-corrected chi connectivity index (χ2v) is 2.79. The molecular weight excluding hydrogens is 184 g/mol. The molecule has 70 valence electrons. The Bertz CT molecular complexity index is 510. The third-order valence-electron chi connectivity index (χ3n) is 1.96. The van der Waals surface area contributed by atoms with Gasteiger partial charge in [0, 0.05) is 11.6 Å². The Morgan fingerprint density at radius 1 is 1.29 bits per heavy atom. The lowest BCUT2D eigenvalue weighted by Crippen LogP contribution is -1.90. The minimum absolute atomic E-state index is 0.00120. The van der Waals surface area contributed by atoms with E-state index in [-0.39, 0.29) is 11.4 Å². The molecule has 0 aliphatic heterocycles. The molecule has 1 heterocycles. The van der Waals surface area contributed by atoms with E-state index < -0.39 is 4.92 Å². The summed E-state index contributed by atoms with van der Waals surface area (Å²) >= 11 is 0. The van der Waals surface area contributed by atoms with Gasteiger partial charge in [-0.3, -0.25) is 15.1 Å². The summed E-state index contributed by atoms with van der Waals surface area (Å²) in [6.07, 6.45) is 2.57. The summed E-state index contributed by atoms with van der Waals surface area (Å²) in [6.45, 7) is 0. The van der Waals surface area contributed by atoms with Crippen molar-refractivity contribution in [1.82, 2.24) is 4.98 Å². The molecule has 1 aromatic carbocycles. The van der Waals surface area contributed by atoms with Crippen LogP contribution in [0.5, 0.6) is 5.75 Å². The molecule has 2 aromatic rings. The number of fused-ring (bicyclic) bond motifs is 1. The number of nitro groups is 1. The van der Waals surface area contributed by atoms with Crippen LogP contribution in [0.1, 0.15) is 0 Å². The molecule has 0 radical (unpaired) electrons. The highest BCUT2D eigenvalue weighted by Gasteiger charge is 2.12. The number of hydrogen-bond acceptors (Lipinski definition) is 4. The minimum Gasteiger partial charge on any atom is -0.507 e. The van der Waals surface area contributed by atoms with Crippen LogP contribution in [0.25, 0.3) is 10.8 Å². The van der Waals surface area contributed by atoms with Crippen molar-refractivity contribution in [3.63, 3.8) is 0 Å². The van der Waals surface area contributed by atoms with Gasteiger partial charge in [-0.05, 0) is 12.1 Å². The predicted octanol–water partition coefficient (Wildman–Crippen LogP) is 1.85. The first-order valence-electron chi connectivity index (χ1n) is 3.90. The van der Waals surface area contributed by atoms with Crippen LogP contribution in [0.2, 0.25) is 0 Å². The summed E-state index contributed by atoms with van der Waals surface area (Å²) < 4.78 is 0. The summed E-state index contributed by atoms with van der Waals surface area (Å²) in [5, 5.41) is 20.8. The molecule has 5 nitrogen and oxygen atoms in total. The van der Waals surface area contributed by atoms with Crippen molar-refractivity contribution < 1.29 is 10.0 Å². The summed E-state index contributed by atoms with van der Waals surface area (Å²) in [5.74, 6) is -0.00120. The first kappa shape index (κ1) is 8.43. The van der Waals surface area contributed by atoms with Crippen LogP contribution in [0.3, 0.4) is 0 Å². The molecule has 0 atom stereocenters. The highest BCUT2D eigenvalue weighted by atomic mass is 16.6. The van der Waals surface area contributed by atoms with Crippen molar-refractivity contribution in [2.45, 2.75) is 0 Å². The lowest BCUT2D eigenvalue weighted by molar-refractivity contribution is -0.383. The Labute approximate surface area is 78.8 Å². The first-order chi connectivity index (χ1) is 6.70. The maximum Gasteiger partial charge on any atom is 0.295 e. The fourth-order valence-corrected chi connectivity index (χ4v) is 1.31. The molecule has 1 N–H and O–H groups in total. The highest BCUT2D eigenvalue weighted by Crippen LogP contribution is 2.29. The highest BCUT2D eigenvalue weighted by molar-refractivity contribution is 5.93. The van der Waals surface area contributed by atoms with Gasteiger partial charge < -0.3 is 5.11 Å². The van der Waals surface area contributed by atoms with Crippen molar-refractivity contribution >= 4 is 16.5 Å². The van der Waals surface area contributed by atoms with Gasteiger partial charge in [-0.1, -0.05) is 6.07 Å². The number of aromatic nitrogens is 1. The van der Waals surface area contributed by atoms with Crippen molar-refractivity contribution in [3.05, 3.63) is 40.7 Å². The molecule has 2 rings (SSSR count). The Hall–Kier alpha value is -2.17. The van der Waals surface area contributed by atoms with Crippen LogP contribution in [0.4, 0.5) is 5.69 Å². The number of rotatable bonds is 1. The number of nitrogens with zero attached hydrogens (tertiary/aromatic N) is 2. The van der Waals surface area contributed by atoms with Crippen LogP contribution < -0.4 is 0 Å². The molecule has 0 aliphatic carbocycles. The topological polar surface area (TPSA) is 76.3 Å². The van der Waals surface area contributed by atoms with Gasteiger partial charge in [-0.25, -0.2) is 0 Å². The molecular formula is C9H6N2O3. The van der Waals surface area contributed by atoms with Gasteiger partial charge in [0.2, 0.25) is 0 Å². The lowest BCUT2D eigenvalue weighted by atomic mass is 10.1. The number of aromatic hydroxyl groups is 1. The molecule has 0 saturated heterocycles. The molecule has 1 aromatic heterocycles. The minimum atomic E-state index is -0.519. The van der Waals surface area contributed by atoms with Crippen molar-refractivity contribution in [3.8, 4) is 5.75 Å². The third-order valence-corrected chi connectivity index (χ3v) is 1.96. The standard InChI is InChI=1S/C9H6N2O3/c12-9-3-1-2-6-7(9)4-10-5-8(6)11(13)14/h1-5,12H. The van der Waals surface area contributed by atoms with E-state index in [4.69, 9.17) is 0 Å². The van der Waals surface area contributed by atoms with Gasteiger partial charge in [0.15, 0.2) is 0 Å². The normalized spacial score (nSPS) is 10.3. The number of phenolic OH excluding ortho intramolecular Hbond substituents is 1. The Kier molecular flexibility index (Phi) is 1.78. The van der Waals surface area contributed by atoms with Crippen LogP contribution in [0, 0.1) is 10.1 Å². The molecule has 0 amide bonds. The molecule has 14 heavy (non-hydrogen) atoms. The fourth-order valence-electron chi connectivity index (χ4n) is 1.31. The summed E-state index contributed by atoms with van der Waals surface area (Å²) in [5.41, 5.74) is -0.0987. The second-order valence-electron chi connectivity index (χ2n) is 2.79. The van der Waals surface area contributed by atoms with Gasteiger partial charge in [0.1, 0.15) is 11.9 Å². The fraction of sp³-hybridized carbons (Fsp3) is 0. The zero-order valence-corrected chi connectivity index (χ0v) is 7.04. The molecule has 0 spiro atoms. The van der Waals surface area contributed by atoms with Gasteiger partial charge in [0.05, 0.1) is 10.3 Å². The van der Waals surface area contributed by atoms with E-state index in [0.29, 0.717) is 10.8 Å². The molecule has 0 saturated carbocycles. The third kappa shape index (κ3) is 1.15. The van der Waals surface area contributed by atoms with Crippen LogP contribution in [-0.4, -0.2) is 15.0 Å². The predicted molar refractivity (Wildman–Crippen MR) is 50.1 cm³/mol. The molecule has 0 fully saturated rings. The molecule has 0 unspecified atom stereocenters. The van der Waals surface area contributed by atoms with E-state index in [1.54, 1.807) is 12.1 Å². The van der Waals surface area contributed by atoms with E-state index in [2.05, 4.69) is 4.98 Å². The van der Waals surface area contributed by atoms with E-state index in [1.165, 1.54) is 18.5 Å². The quantitative estimate of drug-likeness (QED) is 0.549. The number of hydrogen-bond donors (Lipinski definition) is 1. The Balaban J connectivity index is 2.88. The summed E-state index contributed by atoms with van der Waals surface area (Å²) in [6, 6.07) is 4.60. The van der Waals surface area contributed by atoms with E-state index in [9.17, 15) is 15.2 Å². The smallest absolute Gasteiger partial charge is 0.295 e. The molecule has 0 aliphatic rings. The zero-order valence-electron chi connectivity index (χ0n) is 7.04. The van der Waals surface area contributed by atoms with Gasteiger partial charge in [-0.15, -0.1) is 0 Å². The zero-order chi connectivity index (χ0) is 10.1. The summed E-state index contributed by atoms with van der Waals surface area (Å²) in [7, 11) is 0. The maximum absolute atomic E-state index is 10.6.